The quantitative estimate of drug-likeness (QED) is 0.378. The number of benzene rings is 2. The van der Waals surface area contributed by atoms with Crippen molar-refractivity contribution in [3.05, 3.63) is 47.2 Å². The number of anilines is 3. The van der Waals surface area contributed by atoms with E-state index in [4.69, 9.17) is 21.4 Å². The van der Waals surface area contributed by atoms with Gasteiger partial charge in [0.2, 0.25) is 0 Å². The summed E-state index contributed by atoms with van der Waals surface area (Å²) in [6.07, 6.45) is 5.67. The zero-order valence-corrected chi connectivity index (χ0v) is 20.2. The minimum Gasteiger partial charge on any atom is -0.482 e. The Balaban J connectivity index is 1.89. The number of amides is 2. The molecule has 3 N–H and O–H groups in total. The van der Waals surface area contributed by atoms with Crippen LogP contribution in [0, 0.1) is 11.7 Å². The first-order valence-corrected chi connectivity index (χ1v) is 11.9. The summed E-state index contributed by atoms with van der Waals surface area (Å²) in [6.45, 7) is 4.61. The molecule has 2 amide bonds. The Hall–Kier alpha value is -3.00. The van der Waals surface area contributed by atoms with Crippen LogP contribution in [0.3, 0.4) is 0 Å². The molecule has 0 atom stereocenters. The van der Waals surface area contributed by atoms with Crippen molar-refractivity contribution in [2.45, 2.75) is 52.0 Å². The lowest BCUT2D eigenvalue weighted by Crippen LogP contribution is -2.40. The number of carbonyl (C=O) groups excluding carboxylic acids is 1. The SMILES string of the molecule is CC(C)CN(c1ccc(OCC(=O)O)cc1NC(=O)Nc1ccc(Cl)c(F)c1)C1CCCCC1. The molecule has 0 aromatic heterocycles. The molecule has 0 unspecified atom stereocenters. The predicted molar refractivity (Wildman–Crippen MR) is 133 cm³/mol. The van der Waals surface area contributed by atoms with E-state index in [0.29, 0.717) is 23.4 Å². The van der Waals surface area contributed by atoms with E-state index in [2.05, 4.69) is 29.4 Å². The molecular weight excluding hydrogens is 461 g/mol. The van der Waals surface area contributed by atoms with Gasteiger partial charge >= 0.3 is 12.0 Å². The largest absolute Gasteiger partial charge is 0.482 e. The summed E-state index contributed by atoms with van der Waals surface area (Å²) in [4.78, 5) is 26.1. The molecule has 0 saturated heterocycles. The second kappa shape index (κ2) is 11.9. The molecule has 0 radical (unpaired) electrons. The number of hydrogen-bond acceptors (Lipinski definition) is 4. The Morgan fingerprint density at radius 3 is 2.53 bits per heavy atom. The molecule has 1 fully saturated rings. The molecule has 9 heteroatoms. The van der Waals surface area contributed by atoms with Gasteiger partial charge in [-0.25, -0.2) is 14.0 Å². The lowest BCUT2D eigenvalue weighted by molar-refractivity contribution is -0.139. The first kappa shape index (κ1) is 25.6. The zero-order valence-electron chi connectivity index (χ0n) is 19.4. The molecule has 1 aliphatic carbocycles. The molecule has 0 heterocycles. The van der Waals surface area contributed by atoms with Gasteiger partial charge in [0.15, 0.2) is 6.61 Å². The van der Waals surface area contributed by atoms with Crippen molar-refractivity contribution in [2.24, 2.45) is 5.92 Å². The number of rotatable bonds is 9. The molecule has 0 aliphatic heterocycles. The van der Waals surface area contributed by atoms with Crippen molar-refractivity contribution in [1.29, 1.82) is 0 Å². The third-order valence-corrected chi connectivity index (χ3v) is 5.95. The van der Waals surface area contributed by atoms with E-state index in [0.717, 1.165) is 44.0 Å². The van der Waals surface area contributed by atoms with E-state index in [1.165, 1.54) is 18.6 Å². The second-order valence-electron chi connectivity index (χ2n) is 8.91. The number of aliphatic carboxylic acids is 1. The number of urea groups is 1. The highest BCUT2D eigenvalue weighted by atomic mass is 35.5. The van der Waals surface area contributed by atoms with E-state index in [-0.39, 0.29) is 10.7 Å². The highest BCUT2D eigenvalue weighted by Gasteiger charge is 2.25. The number of nitrogens with zero attached hydrogens (tertiary/aromatic N) is 1. The lowest BCUT2D eigenvalue weighted by Gasteiger charge is -2.38. The number of ether oxygens (including phenoxy) is 1. The Morgan fingerprint density at radius 1 is 1.15 bits per heavy atom. The van der Waals surface area contributed by atoms with E-state index in [1.807, 2.05) is 6.07 Å². The van der Waals surface area contributed by atoms with Gasteiger partial charge in [-0.3, -0.25) is 0 Å². The molecule has 2 aromatic carbocycles. The van der Waals surface area contributed by atoms with E-state index in [9.17, 15) is 14.0 Å². The molecule has 1 aliphatic rings. The molecule has 3 rings (SSSR count). The number of carboxylic acids is 1. The maximum Gasteiger partial charge on any atom is 0.341 e. The van der Waals surface area contributed by atoms with Crippen LogP contribution in [0.25, 0.3) is 0 Å². The summed E-state index contributed by atoms with van der Waals surface area (Å²) in [6, 6.07) is 8.98. The molecule has 184 valence electrons. The standard InChI is InChI=1S/C25H31ClFN3O4/c1-16(2)14-30(18-6-4-3-5-7-18)23-11-9-19(34-15-24(31)32)13-22(23)29-25(33)28-17-8-10-20(26)21(27)12-17/h8-13,16,18H,3-7,14-15H2,1-2H3,(H,31,32)(H2,28,29,33). The van der Waals surface area contributed by atoms with E-state index in [1.54, 1.807) is 12.1 Å². The Labute approximate surface area is 204 Å². The fraction of sp³-hybridized carbons (Fsp3) is 0.440. The maximum atomic E-state index is 13.8. The molecule has 7 nitrogen and oxygen atoms in total. The number of carboxylic acid groups (broad SMARTS) is 1. The van der Waals surface area contributed by atoms with Crippen molar-refractivity contribution < 1.29 is 23.8 Å². The molecule has 0 bridgehead atoms. The Morgan fingerprint density at radius 2 is 1.88 bits per heavy atom. The minimum atomic E-state index is -1.09. The number of hydrogen-bond donors (Lipinski definition) is 3. The van der Waals surface area contributed by atoms with Crippen molar-refractivity contribution in [2.75, 3.05) is 28.7 Å². The highest BCUT2D eigenvalue weighted by Crippen LogP contribution is 2.36. The van der Waals surface area contributed by atoms with Crippen LogP contribution in [-0.2, 0) is 4.79 Å². The topological polar surface area (TPSA) is 90.9 Å². The van der Waals surface area contributed by atoms with Crippen LogP contribution in [0.5, 0.6) is 5.75 Å². The normalized spacial score (nSPS) is 14.0. The molecule has 1 saturated carbocycles. The van der Waals surface area contributed by atoms with Crippen LogP contribution in [0.2, 0.25) is 5.02 Å². The van der Waals surface area contributed by atoms with Gasteiger partial charge in [-0.2, -0.15) is 0 Å². The number of nitrogens with one attached hydrogen (secondary N) is 2. The average Bonchev–Trinajstić information content (AvgIpc) is 2.79. The first-order valence-electron chi connectivity index (χ1n) is 11.5. The van der Waals surface area contributed by atoms with Crippen LogP contribution in [0.15, 0.2) is 36.4 Å². The molecular formula is C25H31ClFN3O4. The van der Waals surface area contributed by atoms with Gasteiger partial charge in [-0.1, -0.05) is 44.7 Å². The van der Waals surface area contributed by atoms with Crippen molar-refractivity contribution >= 4 is 40.7 Å². The highest BCUT2D eigenvalue weighted by molar-refractivity contribution is 6.30. The summed E-state index contributed by atoms with van der Waals surface area (Å²) in [5.74, 6) is -1.01. The van der Waals surface area contributed by atoms with Gasteiger partial charge in [0.05, 0.1) is 16.4 Å². The third-order valence-electron chi connectivity index (χ3n) is 5.64. The van der Waals surface area contributed by atoms with Crippen LogP contribution >= 0.6 is 11.6 Å². The van der Waals surface area contributed by atoms with Gasteiger partial charge in [-0.15, -0.1) is 0 Å². The van der Waals surface area contributed by atoms with Gasteiger partial charge in [0, 0.05) is 24.3 Å². The van der Waals surface area contributed by atoms with E-state index < -0.39 is 24.4 Å². The summed E-state index contributed by atoms with van der Waals surface area (Å²) >= 11 is 5.72. The van der Waals surface area contributed by atoms with Crippen molar-refractivity contribution in [3.8, 4) is 5.75 Å². The van der Waals surface area contributed by atoms with Gasteiger partial charge in [0.1, 0.15) is 11.6 Å². The van der Waals surface area contributed by atoms with Crippen molar-refractivity contribution in [3.63, 3.8) is 0 Å². The third kappa shape index (κ3) is 7.25. The van der Waals surface area contributed by atoms with Crippen LogP contribution in [0.4, 0.5) is 26.2 Å². The maximum absolute atomic E-state index is 13.8. The number of carbonyl (C=O) groups is 2. The Kier molecular flexibility index (Phi) is 8.98. The van der Waals surface area contributed by atoms with Crippen LogP contribution in [-0.4, -0.2) is 36.3 Å². The van der Waals surface area contributed by atoms with E-state index >= 15 is 0 Å². The smallest absolute Gasteiger partial charge is 0.341 e. The Bertz CT molecular complexity index is 1010. The lowest BCUT2D eigenvalue weighted by atomic mass is 9.93. The van der Waals surface area contributed by atoms with Crippen molar-refractivity contribution in [1.82, 2.24) is 0 Å². The molecule has 2 aromatic rings. The second-order valence-corrected chi connectivity index (χ2v) is 9.31. The van der Waals surface area contributed by atoms with Gasteiger partial charge in [0.25, 0.3) is 0 Å². The fourth-order valence-electron chi connectivity index (χ4n) is 4.19. The zero-order chi connectivity index (χ0) is 24.7. The van der Waals surface area contributed by atoms with Gasteiger partial charge < -0.3 is 25.4 Å². The minimum absolute atomic E-state index is 0.0339. The number of halogens is 2. The van der Waals surface area contributed by atoms with Crippen LogP contribution < -0.4 is 20.3 Å². The summed E-state index contributed by atoms with van der Waals surface area (Å²) in [5, 5.41) is 14.4. The first-order chi connectivity index (χ1) is 16.2. The predicted octanol–water partition coefficient (Wildman–Crippen LogP) is 6.38. The molecule has 0 spiro atoms. The molecule has 34 heavy (non-hydrogen) atoms. The fourth-order valence-corrected chi connectivity index (χ4v) is 4.31. The monoisotopic (exact) mass is 491 g/mol. The summed E-state index contributed by atoms with van der Waals surface area (Å²) in [7, 11) is 0. The van der Waals surface area contributed by atoms with Crippen LogP contribution in [0.1, 0.15) is 46.0 Å². The summed E-state index contributed by atoms with van der Waals surface area (Å²) < 4.78 is 19.1. The summed E-state index contributed by atoms with van der Waals surface area (Å²) in [5.41, 5.74) is 1.58. The van der Waals surface area contributed by atoms with Gasteiger partial charge in [-0.05, 0) is 49.1 Å². The average molecular weight is 492 g/mol.